The predicted octanol–water partition coefficient (Wildman–Crippen LogP) is 3.96. The quantitative estimate of drug-likeness (QED) is 0.680. The van der Waals surface area contributed by atoms with Crippen molar-refractivity contribution in [1.29, 1.82) is 0 Å². The molecule has 0 fully saturated rings. The van der Waals surface area contributed by atoms with Gasteiger partial charge in [0.15, 0.2) is 0 Å². The van der Waals surface area contributed by atoms with Crippen molar-refractivity contribution in [3.05, 3.63) is 0 Å². The summed E-state index contributed by atoms with van der Waals surface area (Å²) in [7, 11) is 0. The standard InChI is InChI=1S/C14H30O/c1-10(2)12(5)7-8-14(9-15)13(6)11(3)4/h10-15H,7-9H2,1-6H3. The fourth-order valence-corrected chi connectivity index (χ4v) is 1.88. The van der Waals surface area contributed by atoms with E-state index in [4.69, 9.17) is 0 Å². The highest BCUT2D eigenvalue weighted by Gasteiger charge is 2.20. The SMILES string of the molecule is CC(C)C(C)CCC(CO)C(C)C(C)C. The van der Waals surface area contributed by atoms with Crippen LogP contribution in [-0.4, -0.2) is 11.7 Å². The van der Waals surface area contributed by atoms with Crippen molar-refractivity contribution in [1.82, 2.24) is 0 Å². The van der Waals surface area contributed by atoms with Gasteiger partial charge in [-0.05, 0) is 36.0 Å². The van der Waals surface area contributed by atoms with Crippen molar-refractivity contribution in [2.24, 2.45) is 29.6 Å². The van der Waals surface area contributed by atoms with Crippen molar-refractivity contribution in [3.63, 3.8) is 0 Å². The number of aliphatic hydroxyl groups excluding tert-OH is 1. The van der Waals surface area contributed by atoms with Gasteiger partial charge in [-0.15, -0.1) is 0 Å². The lowest BCUT2D eigenvalue weighted by atomic mass is 9.80. The molecular weight excluding hydrogens is 184 g/mol. The average molecular weight is 214 g/mol. The number of rotatable bonds is 7. The molecule has 0 bridgehead atoms. The lowest BCUT2D eigenvalue weighted by Crippen LogP contribution is -2.21. The second-order valence-electron chi connectivity index (χ2n) is 5.84. The summed E-state index contributed by atoms with van der Waals surface area (Å²) in [6.07, 6.45) is 2.43. The molecule has 0 aromatic carbocycles. The summed E-state index contributed by atoms with van der Waals surface area (Å²) >= 11 is 0. The van der Waals surface area contributed by atoms with Gasteiger partial charge in [0.25, 0.3) is 0 Å². The minimum atomic E-state index is 0.351. The third kappa shape index (κ3) is 5.55. The van der Waals surface area contributed by atoms with Crippen LogP contribution in [0.15, 0.2) is 0 Å². The van der Waals surface area contributed by atoms with E-state index in [2.05, 4.69) is 41.5 Å². The molecule has 1 heteroatoms. The van der Waals surface area contributed by atoms with Crippen LogP contribution in [0.3, 0.4) is 0 Å². The van der Waals surface area contributed by atoms with E-state index in [0.717, 1.165) is 11.8 Å². The van der Waals surface area contributed by atoms with Crippen LogP contribution in [0.1, 0.15) is 54.4 Å². The van der Waals surface area contributed by atoms with Crippen LogP contribution in [0.5, 0.6) is 0 Å². The molecule has 0 saturated heterocycles. The van der Waals surface area contributed by atoms with E-state index in [-0.39, 0.29) is 0 Å². The Morgan fingerprint density at radius 1 is 0.800 bits per heavy atom. The van der Waals surface area contributed by atoms with Crippen molar-refractivity contribution in [2.45, 2.75) is 54.4 Å². The number of hydrogen-bond acceptors (Lipinski definition) is 1. The summed E-state index contributed by atoms with van der Waals surface area (Å²) in [5.74, 6) is 3.34. The van der Waals surface area contributed by atoms with E-state index >= 15 is 0 Å². The maximum absolute atomic E-state index is 9.40. The summed E-state index contributed by atoms with van der Waals surface area (Å²) in [6, 6.07) is 0. The van der Waals surface area contributed by atoms with Crippen molar-refractivity contribution < 1.29 is 5.11 Å². The van der Waals surface area contributed by atoms with Crippen LogP contribution < -0.4 is 0 Å². The molecule has 0 aliphatic heterocycles. The van der Waals surface area contributed by atoms with Crippen molar-refractivity contribution in [2.75, 3.05) is 6.61 Å². The van der Waals surface area contributed by atoms with Gasteiger partial charge in [-0.1, -0.05) is 48.0 Å². The fourth-order valence-electron chi connectivity index (χ4n) is 1.88. The predicted molar refractivity (Wildman–Crippen MR) is 67.8 cm³/mol. The third-order valence-corrected chi connectivity index (χ3v) is 4.16. The van der Waals surface area contributed by atoms with Gasteiger partial charge in [0.2, 0.25) is 0 Å². The van der Waals surface area contributed by atoms with Gasteiger partial charge >= 0.3 is 0 Å². The van der Waals surface area contributed by atoms with Crippen LogP contribution in [0.4, 0.5) is 0 Å². The van der Waals surface area contributed by atoms with Gasteiger partial charge in [0, 0.05) is 6.61 Å². The minimum Gasteiger partial charge on any atom is -0.396 e. The highest BCUT2D eigenvalue weighted by atomic mass is 16.3. The Morgan fingerprint density at radius 3 is 1.67 bits per heavy atom. The molecule has 0 amide bonds. The Kier molecular flexibility index (Phi) is 7.25. The molecule has 3 unspecified atom stereocenters. The molecule has 0 aliphatic rings. The highest BCUT2D eigenvalue weighted by Crippen LogP contribution is 2.27. The van der Waals surface area contributed by atoms with E-state index in [9.17, 15) is 5.11 Å². The van der Waals surface area contributed by atoms with Crippen LogP contribution in [0.2, 0.25) is 0 Å². The van der Waals surface area contributed by atoms with Gasteiger partial charge in [0.05, 0.1) is 0 Å². The van der Waals surface area contributed by atoms with Gasteiger partial charge in [-0.2, -0.15) is 0 Å². The maximum atomic E-state index is 9.40. The average Bonchev–Trinajstić information content (AvgIpc) is 2.17. The third-order valence-electron chi connectivity index (χ3n) is 4.16. The first-order valence-electron chi connectivity index (χ1n) is 6.51. The molecule has 3 atom stereocenters. The molecule has 0 radical (unpaired) electrons. The zero-order chi connectivity index (χ0) is 12.0. The lowest BCUT2D eigenvalue weighted by molar-refractivity contribution is 0.139. The normalized spacial score (nSPS) is 18.2. The molecule has 0 aliphatic carbocycles. The molecular formula is C14H30O. The summed E-state index contributed by atoms with van der Waals surface area (Å²) in [4.78, 5) is 0. The smallest absolute Gasteiger partial charge is 0.0461 e. The lowest BCUT2D eigenvalue weighted by Gasteiger charge is -2.27. The van der Waals surface area contributed by atoms with E-state index in [1.165, 1.54) is 12.8 Å². The second-order valence-corrected chi connectivity index (χ2v) is 5.84. The Balaban J connectivity index is 4.00. The van der Waals surface area contributed by atoms with E-state index in [0.29, 0.717) is 24.4 Å². The van der Waals surface area contributed by atoms with Gasteiger partial charge < -0.3 is 5.11 Å². The van der Waals surface area contributed by atoms with Crippen molar-refractivity contribution in [3.8, 4) is 0 Å². The first-order valence-corrected chi connectivity index (χ1v) is 6.51. The zero-order valence-corrected chi connectivity index (χ0v) is 11.5. The Morgan fingerprint density at radius 2 is 1.33 bits per heavy atom. The monoisotopic (exact) mass is 214 g/mol. The van der Waals surface area contributed by atoms with E-state index in [1.54, 1.807) is 0 Å². The van der Waals surface area contributed by atoms with Gasteiger partial charge in [-0.3, -0.25) is 0 Å². The summed E-state index contributed by atoms with van der Waals surface area (Å²) in [5, 5.41) is 9.40. The molecule has 0 saturated carbocycles. The van der Waals surface area contributed by atoms with Crippen LogP contribution >= 0.6 is 0 Å². The molecule has 0 aromatic heterocycles. The maximum Gasteiger partial charge on any atom is 0.0461 e. The van der Waals surface area contributed by atoms with Crippen molar-refractivity contribution >= 4 is 0 Å². The molecule has 1 N–H and O–H groups in total. The van der Waals surface area contributed by atoms with Crippen LogP contribution in [0.25, 0.3) is 0 Å². The fraction of sp³-hybridized carbons (Fsp3) is 1.00. The van der Waals surface area contributed by atoms with Crippen LogP contribution in [0, 0.1) is 29.6 Å². The minimum absolute atomic E-state index is 0.351. The Hall–Kier alpha value is -0.0400. The number of aliphatic hydroxyl groups is 1. The van der Waals surface area contributed by atoms with E-state index < -0.39 is 0 Å². The van der Waals surface area contributed by atoms with Crippen LogP contribution in [-0.2, 0) is 0 Å². The second kappa shape index (κ2) is 7.27. The van der Waals surface area contributed by atoms with Gasteiger partial charge in [-0.25, -0.2) is 0 Å². The summed E-state index contributed by atoms with van der Waals surface area (Å²) < 4.78 is 0. The molecule has 0 rings (SSSR count). The summed E-state index contributed by atoms with van der Waals surface area (Å²) in [5.41, 5.74) is 0. The topological polar surface area (TPSA) is 20.2 Å². The zero-order valence-electron chi connectivity index (χ0n) is 11.5. The first-order chi connectivity index (χ1) is 6.90. The molecule has 0 spiro atoms. The molecule has 15 heavy (non-hydrogen) atoms. The highest BCUT2D eigenvalue weighted by molar-refractivity contribution is 4.70. The molecule has 0 heterocycles. The molecule has 1 nitrogen and oxygen atoms in total. The first kappa shape index (κ1) is 15.0. The summed E-state index contributed by atoms with van der Waals surface area (Å²) in [6.45, 7) is 14.0. The Labute approximate surface area is 96.3 Å². The Bertz CT molecular complexity index is 151. The van der Waals surface area contributed by atoms with E-state index in [1.807, 2.05) is 0 Å². The number of hydrogen-bond donors (Lipinski definition) is 1. The molecule has 92 valence electrons. The largest absolute Gasteiger partial charge is 0.396 e. The molecule has 0 aromatic rings. The van der Waals surface area contributed by atoms with Gasteiger partial charge in [0.1, 0.15) is 0 Å².